The van der Waals surface area contributed by atoms with Gasteiger partial charge in [0, 0.05) is 12.6 Å². The molecular formula is C15H27NO. The summed E-state index contributed by atoms with van der Waals surface area (Å²) in [6.07, 6.45) is 17.1. The SMILES string of the molecule is CCCCCCCCCCCC1=NC=CCO1. The molecule has 0 aromatic rings. The lowest BCUT2D eigenvalue weighted by molar-refractivity contribution is 0.331. The monoisotopic (exact) mass is 237 g/mol. The Labute approximate surface area is 106 Å². The van der Waals surface area contributed by atoms with Gasteiger partial charge < -0.3 is 4.74 Å². The lowest BCUT2D eigenvalue weighted by Gasteiger charge is -2.09. The summed E-state index contributed by atoms with van der Waals surface area (Å²) in [5.74, 6) is 0.926. The lowest BCUT2D eigenvalue weighted by Crippen LogP contribution is -2.07. The molecule has 1 heterocycles. The van der Waals surface area contributed by atoms with Gasteiger partial charge in [-0.3, -0.25) is 0 Å². The van der Waals surface area contributed by atoms with Crippen molar-refractivity contribution in [2.45, 2.75) is 71.1 Å². The molecule has 0 aromatic heterocycles. The molecule has 1 aliphatic heterocycles. The highest BCUT2D eigenvalue weighted by Gasteiger charge is 2.01. The van der Waals surface area contributed by atoms with E-state index < -0.39 is 0 Å². The molecule has 0 bridgehead atoms. The van der Waals surface area contributed by atoms with Crippen LogP contribution in [0.15, 0.2) is 17.3 Å². The van der Waals surface area contributed by atoms with Gasteiger partial charge in [0.2, 0.25) is 0 Å². The summed E-state index contributed by atoms with van der Waals surface area (Å²) in [7, 11) is 0. The van der Waals surface area contributed by atoms with Gasteiger partial charge in [-0.05, 0) is 12.5 Å². The third-order valence-corrected chi connectivity index (χ3v) is 3.16. The van der Waals surface area contributed by atoms with Crippen LogP contribution in [0, 0.1) is 0 Å². The number of hydrogen-bond acceptors (Lipinski definition) is 2. The van der Waals surface area contributed by atoms with Crippen molar-refractivity contribution in [1.29, 1.82) is 0 Å². The normalized spacial score (nSPS) is 14.5. The Morgan fingerprint density at radius 1 is 1.00 bits per heavy atom. The minimum atomic E-state index is 0.705. The first-order valence-corrected chi connectivity index (χ1v) is 7.28. The van der Waals surface area contributed by atoms with E-state index in [0.29, 0.717) is 6.61 Å². The van der Waals surface area contributed by atoms with Gasteiger partial charge in [-0.15, -0.1) is 0 Å². The smallest absolute Gasteiger partial charge is 0.188 e. The third kappa shape index (κ3) is 8.00. The largest absolute Gasteiger partial charge is 0.476 e. The molecule has 1 rings (SSSR count). The van der Waals surface area contributed by atoms with Gasteiger partial charge in [0.1, 0.15) is 6.61 Å². The van der Waals surface area contributed by atoms with E-state index >= 15 is 0 Å². The number of ether oxygens (including phenoxy) is 1. The molecule has 1 aliphatic rings. The Hall–Kier alpha value is -0.790. The van der Waals surface area contributed by atoms with E-state index in [2.05, 4.69) is 11.9 Å². The van der Waals surface area contributed by atoms with Gasteiger partial charge in [-0.25, -0.2) is 4.99 Å². The summed E-state index contributed by atoms with van der Waals surface area (Å²) >= 11 is 0. The van der Waals surface area contributed by atoms with Crippen molar-refractivity contribution in [3.63, 3.8) is 0 Å². The maximum Gasteiger partial charge on any atom is 0.188 e. The van der Waals surface area contributed by atoms with E-state index in [1.807, 2.05) is 12.3 Å². The molecule has 2 nitrogen and oxygen atoms in total. The number of aliphatic imine (C=N–C) groups is 1. The first kappa shape index (κ1) is 14.3. The molecule has 98 valence electrons. The molecular weight excluding hydrogens is 210 g/mol. The Kier molecular flexibility index (Phi) is 8.71. The molecule has 0 saturated carbocycles. The molecule has 0 atom stereocenters. The second kappa shape index (κ2) is 10.4. The van der Waals surface area contributed by atoms with Crippen molar-refractivity contribution in [2.75, 3.05) is 6.61 Å². The first-order valence-electron chi connectivity index (χ1n) is 7.28. The Balaban J connectivity index is 1.81. The van der Waals surface area contributed by atoms with Crippen LogP contribution >= 0.6 is 0 Å². The van der Waals surface area contributed by atoms with Crippen LogP contribution in [0.3, 0.4) is 0 Å². The van der Waals surface area contributed by atoms with Gasteiger partial charge in [-0.1, -0.05) is 58.3 Å². The highest BCUT2D eigenvalue weighted by Crippen LogP contribution is 2.11. The number of unbranched alkanes of at least 4 members (excludes halogenated alkanes) is 8. The highest BCUT2D eigenvalue weighted by molar-refractivity contribution is 5.77. The lowest BCUT2D eigenvalue weighted by atomic mass is 10.1. The fraction of sp³-hybridized carbons (Fsp3) is 0.800. The van der Waals surface area contributed by atoms with Crippen LogP contribution in [-0.4, -0.2) is 12.5 Å². The van der Waals surface area contributed by atoms with Gasteiger partial charge in [-0.2, -0.15) is 0 Å². The minimum Gasteiger partial charge on any atom is -0.476 e. The topological polar surface area (TPSA) is 21.6 Å². The summed E-state index contributed by atoms with van der Waals surface area (Å²) in [6.45, 7) is 2.97. The third-order valence-electron chi connectivity index (χ3n) is 3.16. The fourth-order valence-electron chi connectivity index (χ4n) is 2.08. The van der Waals surface area contributed by atoms with Crippen molar-refractivity contribution in [1.82, 2.24) is 0 Å². The minimum absolute atomic E-state index is 0.705. The molecule has 0 aromatic carbocycles. The molecule has 0 aliphatic carbocycles. The van der Waals surface area contributed by atoms with Crippen molar-refractivity contribution < 1.29 is 4.74 Å². The van der Waals surface area contributed by atoms with Gasteiger partial charge in [0.15, 0.2) is 5.90 Å². The van der Waals surface area contributed by atoms with Gasteiger partial charge in [0.05, 0.1) is 0 Å². The van der Waals surface area contributed by atoms with Crippen LogP contribution in [0.1, 0.15) is 71.1 Å². The molecule has 0 N–H and O–H groups in total. The first-order chi connectivity index (χ1) is 8.43. The molecule has 0 unspecified atom stereocenters. The van der Waals surface area contributed by atoms with Crippen LogP contribution in [0.4, 0.5) is 0 Å². The van der Waals surface area contributed by atoms with Gasteiger partial charge in [0.25, 0.3) is 0 Å². The molecule has 2 heteroatoms. The van der Waals surface area contributed by atoms with Crippen molar-refractivity contribution in [3.8, 4) is 0 Å². The van der Waals surface area contributed by atoms with Crippen LogP contribution in [0.25, 0.3) is 0 Å². The standard InChI is InChI=1S/C15H27NO/c1-2-3-4-5-6-7-8-9-10-12-15-16-13-11-14-17-15/h11,13H,2-10,12,14H2,1H3. The summed E-state index contributed by atoms with van der Waals surface area (Å²) in [4.78, 5) is 4.21. The van der Waals surface area contributed by atoms with E-state index in [9.17, 15) is 0 Å². The summed E-state index contributed by atoms with van der Waals surface area (Å²) in [5, 5.41) is 0. The zero-order valence-corrected chi connectivity index (χ0v) is 11.3. The van der Waals surface area contributed by atoms with E-state index in [-0.39, 0.29) is 0 Å². The Bertz CT molecular complexity index is 233. The Morgan fingerprint density at radius 3 is 2.24 bits per heavy atom. The van der Waals surface area contributed by atoms with Crippen LogP contribution in [0.5, 0.6) is 0 Å². The molecule has 0 radical (unpaired) electrons. The summed E-state index contributed by atoms with van der Waals surface area (Å²) < 4.78 is 5.41. The van der Waals surface area contributed by atoms with Crippen LogP contribution in [0.2, 0.25) is 0 Å². The molecule has 0 spiro atoms. The number of hydrogen-bond donors (Lipinski definition) is 0. The summed E-state index contributed by atoms with van der Waals surface area (Å²) in [5.41, 5.74) is 0. The average molecular weight is 237 g/mol. The van der Waals surface area contributed by atoms with E-state index in [0.717, 1.165) is 12.3 Å². The second-order valence-electron chi connectivity index (χ2n) is 4.80. The van der Waals surface area contributed by atoms with E-state index in [1.165, 1.54) is 57.8 Å². The second-order valence-corrected chi connectivity index (χ2v) is 4.80. The van der Waals surface area contributed by atoms with Crippen LogP contribution < -0.4 is 0 Å². The maximum atomic E-state index is 5.41. The van der Waals surface area contributed by atoms with E-state index in [1.54, 1.807) is 0 Å². The zero-order valence-electron chi connectivity index (χ0n) is 11.3. The van der Waals surface area contributed by atoms with Crippen molar-refractivity contribution >= 4 is 5.90 Å². The quantitative estimate of drug-likeness (QED) is 0.498. The number of nitrogens with zero attached hydrogens (tertiary/aromatic N) is 1. The van der Waals surface area contributed by atoms with Gasteiger partial charge >= 0.3 is 0 Å². The van der Waals surface area contributed by atoms with Crippen molar-refractivity contribution in [2.24, 2.45) is 4.99 Å². The predicted molar refractivity (Wildman–Crippen MR) is 74.4 cm³/mol. The molecule has 0 fully saturated rings. The zero-order chi connectivity index (χ0) is 12.2. The number of rotatable bonds is 10. The molecule has 0 amide bonds. The fourth-order valence-corrected chi connectivity index (χ4v) is 2.08. The van der Waals surface area contributed by atoms with Crippen molar-refractivity contribution in [3.05, 3.63) is 12.3 Å². The Morgan fingerprint density at radius 2 is 1.65 bits per heavy atom. The predicted octanol–water partition coefficient (Wildman–Crippen LogP) is 4.85. The molecule has 0 saturated heterocycles. The maximum absolute atomic E-state index is 5.41. The van der Waals surface area contributed by atoms with Crippen LogP contribution in [-0.2, 0) is 4.74 Å². The highest BCUT2D eigenvalue weighted by atomic mass is 16.5. The summed E-state index contributed by atoms with van der Waals surface area (Å²) in [6, 6.07) is 0. The average Bonchev–Trinajstić information content (AvgIpc) is 2.38. The van der Waals surface area contributed by atoms with E-state index in [4.69, 9.17) is 4.74 Å². The molecule has 17 heavy (non-hydrogen) atoms.